The Balaban J connectivity index is 1.99. The maximum absolute atomic E-state index is 12.4. The van der Waals surface area contributed by atoms with Crippen LogP contribution < -0.4 is 10.7 Å². The molecule has 0 saturated heterocycles. The zero-order chi connectivity index (χ0) is 17.1. The second-order valence-electron chi connectivity index (χ2n) is 5.19. The van der Waals surface area contributed by atoms with Gasteiger partial charge in [-0.05, 0) is 32.0 Å². The standard InChI is InChI=1S/C17H15N5O2/c1-11-10-14(23)16(21-22(11)13-6-4-3-5-7-13)17(24)20-15-8-9-18-12(2)19-15/h3-10H,1-2H3,(H,18,19,20,24). The molecule has 0 aliphatic heterocycles. The molecule has 0 radical (unpaired) electrons. The van der Waals surface area contributed by atoms with Crippen molar-refractivity contribution in [1.29, 1.82) is 0 Å². The molecule has 7 heteroatoms. The van der Waals surface area contributed by atoms with E-state index in [2.05, 4.69) is 20.4 Å². The van der Waals surface area contributed by atoms with Crippen molar-refractivity contribution in [2.24, 2.45) is 0 Å². The summed E-state index contributed by atoms with van der Waals surface area (Å²) in [6.07, 6.45) is 1.53. The van der Waals surface area contributed by atoms with Crippen LogP contribution in [0.2, 0.25) is 0 Å². The molecule has 0 spiro atoms. The van der Waals surface area contributed by atoms with Crippen molar-refractivity contribution in [1.82, 2.24) is 19.7 Å². The van der Waals surface area contributed by atoms with Gasteiger partial charge in [-0.3, -0.25) is 9.59 Å². The number of aryl methyl sites for hydroxylation is 2. The molecule has 24 heavy (non-hydrogen) atoms. The summed E-state index contributed by atoms with van der Waals surface area (Å²) in [6.45, 7) is 3.47. The van der Waals surface area contributed by atoms with Crippen molar-refractivity contribution in [2.45, 2.75) is 13.8 Å². The van der Waals surface area contributed by atoms with E-state index in [1.807, 2.05) is 30.3 Å². The molecule has 0 bridgehead atoms. The van der Waals surface area contributed by atoms with Crippen LogP contribution in [0, 0.1) is 13.8 Å². The zero-order valence-electron chi connectivity index (χ0n) is 13.2. The van der Waals surface area contributed by atoms with Crippen LogP contribution in [0.15, 0.2) is 53.5 Å². The van der Waals surface area contributed by atoms with Crippen LogP contribution in [0.3, 0.4) is 0 Å². The molecular formula is C17H15N5O2. The number of rotatable bonds is 3. The van der Waals surface area contributed by atoms with E-state index in [-0.39, 0.29) is 5.69 Å². The number of carbonyl (C=O) groups excluding carboxylic acids is 1. The molecule has 2 aromatic heterocycles. The van der Waals surface area contributed by atoms with Crippen molar-refractivity contribution >= 4 is 11.7 Å². The third-order valence-corrected chi connectivity index (χ3v) is 3.34. The molecule has 0 fully saturated rings. The maximum Gasteiger partial charge on any atom is 0.281 e. The highest BCUT2D eigenvalue weighted by atomic mass is 16.2. The van der Waals surface area contributed by atoms with E-state index >= 15 is 0 Å². The van der Waals surface area contributed by atoms with Crippen molar-refractivity contribution in [3.63, 3.8) is 0 Å². The van der Waals surface area contributed by atoms with Crippen LogP contribution >= 0.6 is 0 Å². The molecule has 3 rings (SSSR count). The summed E-state index contributed by atoms with van der Waals surface area (Å²) in [7, 11) is 0. The minimum atomic E-state index is -0.609. The SMILES string of the molecule is Cc1nccc(NC(=O)c2nn(-c3ccccc3)c(C)cc2=O)n1. The average molecular weight is 321 g/mol. The lowest BCUT2D eigenvalue weighted by Crippen LogP contribution is -2.27. The van der Waals surface area contributed by atoms with Crippen LogP contribution in [-0.4, -0.2) is 25.7 Å². The first kappa shape index (κ1) is 15.5. The van der Waals surface area contributed by atoms with Gasteiger partial charge in [0.15, 0.2) is 5.69 Å². The van der Waals surface area contributed by atoms with Crippen molar-refractivity contribution in [3.05, 3.63) is 76.1 Å². The summed E-state index contributed by atoms with van der Waals surface area (Å²) < 4.78 is 1.56. The molecule has 0 unspecified atom stereocenters. The first-order valence-electron chi connectivity index (χ1n) is 7.32. The van der Waals surface area contributed by atoms with Gasteiger partial charge in [0.05, 0.1) is 5.69 Å². The van der Waals surface area contributed by atoms with E-state index in [4.69, 9.17) is 0 Å². The monoisotopic (exact) mass is 321 g/mol. The first-order chi connectivity index (χ1) is 11.5. The van der Waals surface area contributed by atoms with Crippen molar-refractivity contribution in [2.75, 3.05) is 5.32 Å². The lowest BCUT2D eigenvalue weighted by molar-refractivity contribution is 0.101. The van der Waals surface area contributed by atoms with Gasteiger partial charge in [0, 0.05) is 18.0 Å². The topological polar surface area (TPSA) is 89.8 Å². The Kier molecular flexibility index (Phi) is 4.15. The molecule has 1 aromatic carbocycles. The summed E-state index contributed by atoms with van der Waals surface area (Å²) in [5.74, 6) is 0.231. The second-order valence-corrected chi connectivity index (χ2v) is 5.19. The van der Waals surface area contributed by atoms with Gasteiger partial charge in [-0.25, -0.2) is 14.6 Å². The number of aromatic nitrogens is 4. The molecule has 3 aromatic rings. The number of carbonyl (C=O) groups is 1. The van der Waals surface area contributed by atoms with Crippen LogP contribution in [0.4, 0.5) is 5.82 Å². The number of hydrogen-bond donors (Lipinski definition) is 1. The van der Waals surface area contributed by atoms with Gasteiger partial charge < -0.3 is 5.32 Å². The number of para-hydroxylation sites is 1. The van der Waals surface area contributed by atoms with Gasteiger partial charge in [-0.15, -0.1) is 0 Å². The first-order valence-corrected chi connectivity index (χ1v) is 7.32. The third-order valence-electron chi connectivity index (χ3n) is 3.34. The summed E-state index contributed by atoms with van der Waals surface area (Å²) in [5, 5.41) is 6.78. The normalized spacial score (nSPS) is 10.4. The molecule has 120 valence electrons. The number of anilines is 1. The Hall–Kier alpha value is -3.35. The second kappa shape index (κ2) is 6.41. The lowest BCUT2D eigenvalue weighted by atomic mass is 10.2. The minimum Gasteiger partial charge on any atom is -0.305 e. The van der Waals surface area contributed by atoms with Gasteiger partial charge in [-0.2, -0.15) is 5.10 Å². The van der Waals surface area contributed by atoms with Gasteiger partial charge in [0.1, 0.15) is 11.6 Å². The summed E-state index contributed by atoms with van der Waals surface area (Å²) >= 11 is 0. The molecule has 0 aliphatic rings. The van der Waals surface area contributed by atoms with Gasteiger partial charge in [-0.1, -0.05) is 18.2 Å². The zero-order valence-corrected chi connectivity index (χ0v) is 13.2. The summed E-state index contributed by atoms with van der Waals surface area (Å²) in [4.78, 5) is 32.6. The highest BCUT2D eigenvalue weighted by Gasteiger charge is 2.16. The molecule has 1 N–H and O–H groups in total. The Labute approximate surface area is 138 Å². The number of hydrogen-bond acceptors (Lipinski definition) is 5. The third kappa shape index (κ3) is 3.19. The average Bonchev–Trinajstić information content (AvgIpc) is 2.55. The Morgan fingerprint density at radius 3 is 2.58 bits per heavy atom. The molecule has 7 nitrogen and oxygen atoms in total. The van der Waals surface area contributed by atoms with E-state index in [9.17, 15) is 9.59 Å². The van der Waals surface area contributed by atoms with Crippen molar-refractivity contribution < 1.29 is 4.79 Å². The summed E-state index contributed by atoms with van der Waals surface area (Å²) in [6, 6.07) is 12.2. The number of amides is 1. The highest BCUT2D eigenvalue weighted by molar-refractivity contribution is 6.02. The largest absolute Gasteiger partial charge is 0.305 e. The van der Waals surface area contributed by atoms with E-state index in [0.717, 1.165) is 5.69 Å². The Bertz CT molecular complexity index is 951. The van der Waals surface area contributed by atoms with E-state index < -0.39 is 11.3 Å². The quantitative estimate of drug-likeness (QED) is 0.795. The van der Waals surface area contributed by atoms with Crippen LogP contribution in [0.25, 0.3) is 5.69 Å². The molecule has 0 saturated carbocycles. The number of nitrogens with one attached hydrogen (secondary N) is 1. The maximum atomic E-state index is 12.4. The van der Waals surface area contributed by atoms with Crippen molar-refractivity contribution in [3.8, 4) is 5.69 Å². The van der Waals surface area contributed by atoms with E-state index in [0.29, 0.717) is 17.3 Å². The fourth-order valence-electron chi connectivity index (χ4n) is 2.24. The molecule has 0 aliphatic carbocycles. The highest BCUT2D eigenvalue weighted by Crippen LogP contribution is 2.09. The fraction of sp³-hybridized carbons (Fsp3) is 0.118. The molecule has 1 amide bonds. The molecule has 0 atom stereocenters. The molecular weight excluding hydrogens is 306 g/mol. The fourth-order valence-corrected chi connectivity index (χ4v) is 2.24. The summed E-state index contributed by atoms with van der Waals surface area (Å²) in [5.41, 5.74) is 0.770. The Morgan fingerprint density at radius 1 is 1.12 bits per heavy atom. The smallest absolute Gasteiger partial charge is 0.281 e. The van der Waals surface area contributed by atoms with Gasteiger partial charge in [0.25, 0.3) is 5.91 Å². The van der Waals surface area contributed by atoms with E-state index in [1.54, 1.807) is 24.6 Å². The van der Waals surface area contributed by atoms with Crippen LogP contribution in [-0.2, 0) is 0 Å². The van der Waals surface area contributed by atoms with Gasteiger partial charge in [0.2, 0.25) is 5.43 Å². The van der Waals surface area contributed by atoms with Crippen LogP contribution in [0.5, 0.6) is 0 Å². The Morgan fingerprint density at radius 2 is 1.88 bits per heavy atom. The van der Waals surface area contributed by atoms with Crippen LogP contribution in [0.1, 0.15) is 22.0 Å². The minimum absolute atomic E-state index is 0.194. The number of nitrogens with zero attached hydrogens (tertiary/aromatic N) is 4. The lowest BCUT2D eigenvalue weighted by Gasteiger charge is -2.11. The number of benzene rings is 1. The van der Waals surface area contributed by atoms with Gasteiger partial charge >= 0.3 is 0 Å². The predicted molar refractivity (Wildman–Crippen MR) is 89.3 cm³/mol. The molecule has 2 heterocycles. The predicted octanol–water partition coefficient (Wildman–Crippen LogP) is 1.89. The van der Waals surface area contributed by atoms with E-state index in [1.165, 1.54) is 12.3 Å².